The third-order valence-electron chi connectivity index (χ3n) is 2.76. The summed E-state index contributed by atoms with van der Waals surface area (Å²) in [7, 11) is 0. The number of nitrogens with one attached hydrogen (secondary N) is 1. The van der Waals surface area contributed by atoms with E-state index in [1.807, 2.05) is 6.92 Å². The molecule has 18 heavy (non-hydrogen) atoms. The summed E-state index contributed by atoms with van der Waals surface area (Å²) in [4.78, 5) is 0. The second-order valence-corrected chi connectivity index (χ2v) is 5.02. The molecule has 102 valence electrons. The molecular weight excluding hydrogens is 255 g/mol. The second-order valence-electron chi connectivity index (χ2n) is 4.61. The van der Waals surface area contributed by atoms with Gasteiger partial charge in [-0.1, -0.05) is 17.7 Å². The van der Waals surface area contributed by atoms with Crippen LogP contribution >= 0.6 is 11.6 Å². The van der Waals surface area contributed by atoms with E-state index in [0.29, 0.717) is 13.0 Å². The van der Waals surface area contributed by atoms with E-state index in [9.17, 15) is 9.50 Å². The molecule has 0 amide bonds. The van der Waals surface area contributed by atoms with Crippen LogP contribution < -0.4 is 11.1 Å². The maximum atomic E-state index is 13.4. The molecule has 1 rings (SSSR count). The Morgan fingerprint density at radius 3 is 2.61 bits per heavy atom. The highest BCUT2D eigenvalue weighted by molar-refractivity contribution is 6.30. The van der Waals surface area contributed by atoms with Crippen LogP contribution in [0.15, 0.2) is 18.2 Å². The van der Waals surface area contributed by atoms with Gasteiger partial charge in [-0.05, 0) is 38.0 Å². The van der Waals surface area contributed by atoms with Gasteiger partial charge in [-0.25, -0.2) is 4.39 Å². The quantitative estimate of drug-likeness (QED) is 0.746. The summed E-state index contributed by atoms with van der Waals surface area (Å²) in [5.74, 6) is -0.447. The first-order chi connectivity index (χ1) is 8.43. The van der Waals surface area contributed by atoms with Crippen LogP contribution in [0.4, 0.5) is 4.39 Å². The number of rotatable bonds is 6. The highest BCUT2D eigenvalue weighted by atomic mass is 35.5. The highest BCUT2D eigenvalue weighted by Crippen LogP contribution is 2.20. The van der Waals surface area contributed by atoms with Gasteiger partial charge >= 0.3 is 0 Å². The minimum absolute atomic E-state index is 0.0947. The van der Waals surface area contributed by atoms with E-state index in [1.165, 1.54) is 12.1 Å². The van der Waals surface area contributed by atoms with Gasteiger partial charge in [0.05, 0.1) is 11.1 Å². The van der Waals surface area contributed by atoms with Gasteiger partial charge in [0.25, 0.3) is 0 Å². The molecule has 0 heterocycles. The van der Waals surface area contributed by atoms with E-state index in [1.54, 1.807) is 13.0 Å². The third kappa shape index (κ3) is 4.53. The van der Waals surface area contributed by atoms with Crippen LogP contribution in [-0.4, -0.2) is 23.8 Å². The predicted octanol–water partition coefficient (Wildman–Crippen LogP) is 2.23. The fourth-order valence-corrected chi connectivity index (χ4v) is 2.07. The van der Waals surface area contributed by atoms with Crippen molar-refractivity contribution in [1.29, 1.82) is 0 Å². The van der Waals surface area contributed by atoms with Crippen LogP contribution in [0.1, 0.15) is 31.9 Å². The largest absolute Gasteiger partial charge is 0.393 e. The zero-order valence-electron chi connectivity index (χ0n) is 10.7. The lowest BCUT2D eigenvalue weighted by Crippen LogP contribution is -2.36. The molecule has 3 unspecified atom stereocenters. The molecule has 0 aliphatic rings. The number of nitrogens with two attached hydrogens (primary N) is 1. The van der Waals surface area contributed by atoms with Crippen molar-refractivity contribution in [1.82, 2.24) is 5.32 Å². The first-order valence-corrected chi connectivity index (χ1v) is 6.41. The molecule has 5 heteroatoms. The summed E-state index contributed by atoms with van der Waals surface area (Å²) in [6.07, 6.45) is 0.236. The summed E-state index contributed by atoms with van der Waals surface area (Å²) >= 11 is 5.64. The molecule has 0 saturated heterocycles. The number of halogens is 2. The lowest BCUT2D eigenvalue weighted by Gasteiger charge is -2.23. The number of hydrogen-bond donors (Lipinski definition) is 3. The molecule has 3 nitrogen and oxygen atoms in total. The van der Waals surface area contributed by atoms with Crippen molar-refractivity contribution >= 4 is 11.6 Å². The molecule has 0 aromatic heterocycles. The Bertz CT molecular complexity index is 387. The first kappa shape index (κ1) is 15.4. The molecule has 0 fully saturated rings. The lowest BCUT2D eigenvalue weighted by atomic mass is 10.0. The second kappa shape index (κ2) is 7.04. The lowest BCUT2D eigenvalue weighted by molar-refractivity contribution is 0.168. The Morgan fingerprint density at radius 1 is 1.44 bits per heavy atom. The normalized spacial score (nSPS) is 16.3. The summed E-state index contributed by atoms with van der Waals surface area (Å²) in [5, 5.41) is 12.7. The topological polar surface area (TPSA) is 58.3 Å². The molecule has 4 N–H and O–H groups in total. The van der Waals surface area contributed by atoms with E-state index in [-0.39, 0.29) is 23.2 Å². The summed E-state index contributed by atoms with van der Waals surface area (Å²) in [6.45, 7) is 4.05. The Morgan fingerprint density at radius 2 is 2.11 bits per heavy atom. The molecular formula is C13H20ClFN2O. The van der Waals surface area contributed by atoms with Gasteiger partial charge < -0.3 is 16.2 Å². The number of hydrogen-bond acceptors (Lipinski definition) is 3. The van der Waals surface area contributed by atoms with Gasteiger partial charge in [0.2, 0.25) is 0 Å². The van der Waals surface area contributed by atoms with Gasteiger partial charge in [0.15, 0.2) is 0 Å². The Hall–Kier alpha value is -0.680. The Balaban J connectivity index is 2.73. The van der Waals surface area contributed by atoms with Crippen LogP contribution in [0.3, 0.4) is 0 Å². The zero-order chi connectivity index (χ0) is 13.7. The summed E-state index contributed by atoms with van der Waals surface area (Å²) in [6, 6.07) is 4.62. The van der Waals surface area contributed by atoms with Crippen LogP contribution in [0.25, 0.3) is 0 Å². The summed E-state index contributed by atoms with van der Waals surface area (Å²) in [5.41, 5.74) is 6.45. The fraction of sp³-hybridized carbons (Fsp3) is 0.538. The van der Waals surface area contributed by atoms with Crippen molar-refractivity contribution in [3.63, 3.8) is 0 Å². The average Bonchev–Trinajstić information content (AvgIpc) is 2.29. The molecule has 1 aromatic rings. The molecule has 0 spiro atoms. The Labute approximate surface area is 112 Å². The number of aliphatic hydroxyl groups is 1. The maximum Gasteiger partial charge on any atom is 0.142 e. The highest BCUT2D eigenvalue weighted by Gasteiger charge is 2.15. The summed E-state index contributed by atoms with van der Waals surface area (Å²) < 4.78 is 13.4. The smallest absolute Gasteiger partial charge is 0.142 e. The van der Waals surface area contributed by atoms with Gasteiger partial charge in [-0.3, -0.25) is 0 Å². The average molecular weight is 275 g/mol. The van der Waals surface area contributed by atoms with Crippen molar-refractivity contribution in [2.24, 2.45) is 5.73 Å². The monoisotopic (exact) mass is 274 g/mol. The van der Waals surface area contributed by atoms with Crippen LogP contribution in [0.5, 0.6) is 0 Å². The van der Waals surface area contributed by atoms with E-state index >= 15 is 0 Å². The molecule has 0 aliphatic heterocycles. The molecule has 1 aromatic carbocycles. The Kier molecular flexibility index (Phi) is 6.02. The van der Waals surface area contributed by atoms with Crippen molar-refractivity contribution in [3.05, 3.63) is 34.6 Å². The molecule has 0 radical (unpaired) electrons. The van der Waals surface area contributed by atoms with Crippen molar-refractivity contribution in [2.75, 3.05) is 6.54 Å². The van der Waals surface area contributed by atoms with Crippen molar-refractivity contribution in [3.8, 4) is 0 Å². The fourth-order valence-electron chi connectivity index (χ4n) is 1.95. The molecule has 0 aliphatic carbocycles. The van der Waals surface area contributed by atoms with E-state index < -0.39 is 5.82 Å². The number of benzene rings is 1. The predicted molar refractivity (Wildman–Crippen MR) is 72.1 cm³/mol. The van der Waals surface area contributed by atoms with Crippen molar-refractivity contribution < 1.29 is 9.50 Å². The van der Waals surface area contributed by atoms with Gasteiger partial charge in [0.1, 0.15) is 5.82 Å². The standard InChI is InChI=1S/C13H20ClFN2O/c1-8(5-9(2)18)17-13(7-16)10-3-4-11(14)12(15)6-10/h3-4,6,8-9,13,17-18H,5,7,16H2,1-2H3. The van der Waals surface area contributed by atoms with Gasteiger partial charge in [-0.2, -0.15) is 0 Å². The van der Waals surface area contributed by atoms with Crippen LogP contribution in [0, 0.1) is 5.82 Å². The van der Waals surface area contributed by atoms with Crippen LogP contribution in [0.2, 0.25) is 5.02 Å². The van der Waals surface area contributed by atoms with Crippen LogP contribution in [-0.2, 0) is 0 Å². The van der Waals surface area contributed by atoms with Crippen molar-refractivity contribution in [2.45, 2.75) is 38.5 Å². The first-order valence-electron chi connectivity index (χ1n) is 6.03. The minimum atomic E-state index is -0.447. The molecule has 3 atom stereocenters. The van der Waals surface area contributed by atoms with Gasteiger partial charge in [0, 0.05) is 18.6 Å². The van der Waals surface area contributed by atoms with E-state index in [0.717, 1.165) is 5.56 Å². The zero-order valence-corrected chi connectivity index (χ0v) is 11.4. The van der Waals surface area contributed by atoms with E-state index in [4.69, 9.17) is 17.3 Å². The van der Waals surface area contributed by atoms with Gasteiger partial charge in [-0.15, -0.1) is 0 Å². The molecule has 0 saturated carbocycles. The molecule has 0 bridgehead atoms. The van der Waals surface area contributed by atoms with E-state index in [2.05, 4.69) is 5.32 Å². The number of aliphatic hydroxyl groups excluding tert-OH is 1. The third-order valence-corrected chi connectivity index (χ3v) is 3.07. The maximum absolute atomic E-state index is 13.4. The minimum Gasteiger partial charge on any atom is -0.393 e. The SMILES string of the molecule is CC(O)CC(C)NC(CN)c1ccc(Cl)c(F)c1.